The Bertz CT molecular complexity index is 1000. The number of anilines is 1. The van der Waals surface area contributed by atoms with Gasteiger partial charge in [0, 0.05) is 47.5 Å². The molecule has 2 heterocycles. The van der Waals surface area contributed by atoms with Crippen molar-refractivity contribution >= 4 is 46.5 Å². The minimum absolute atomic E-state index is 0. The molecule has 0 bridgehead atoms. The molecule has 1 aliphatic rings. The molecule has 29 heavy (non-hydrogen) atoms. The second kappa shape index (κ2) is 8.95. The number of halogens is 2. The number of rotatable bonds is 3. The van der Waals surface area contributed by atoms with Gasteiger partial charge in [-0.25, -0.2) is 0 Å². The lowest BCUT2D eigenvalue weighted by atomic mass is 10.0. The molecule has 3 aromatic rings. The fourth-order valence-corrected chi connectivity index (χ4v) is 3.70. The maximum Gasteiger partial charge on any atom is 0.239 e. The zero-order valence-electron chi connectivity index (χ0n) is 16.1. The first-order valence-corrected chi connectivity index (χ1v) is 9.73. The monoisotopic (exact) mass is 431 g/mol. The number of hydrogen-bond donors (Lipinski definition) is 1. The third kappa shape index (κ3) is 4.29. The van der Waals surface area contributed by atoms with Gasteiger partial charge in [-0.3, -0.25) is 4.79 Å². The standard InChI is InChI=1S/C21H22ClN5O.ClH/c1-14(23)21(28)27-12-10-26(11-13-27)20-18-5-3-2-4-17(18)19(24-25-20)15-6-8-16(22)9-7-15;/h2-9,14H,10-13,23H2,1H3;1H/t14-;/m1./s1. The second-order valence-electron chi connectivity index (χ2n) is 7.03. The van der Waals surface area contributed by atoms with Gasteiger partial charge < -0.3 is 15.5 Å². The summed E-state index contributed by atoms with van der Waals surface area (Å²) < 4.78 is 0. The molecule has 0 unspecified atom stereocenters. The van der Waals surface area contributed by atoms with Crippen molar-refractivity contribution in [3.63, 3.8) is 0 Å². The minimum Gasteiger partial charge on any atom is -0.351 e. The number of hydrogen-bond acceptors (Lipinski definition) is 5. The SMILES string of the molecule is C[C@@H](N)C(=O)N1CCN(c2nnc(-c3ccc(Cl)cc3)c3ccccc23)CC1.Cl. The molecule has 0 spiro atoms. The molecule has 1 aliphatic heterocycles. The number of piperazine rings is 1. The van der Waals surface area contributed by atoms with Crippen LogP contribution in [0.2, 0.25) is 5.02 Å². The van der Waals surface area contributed by atoms with E-state index < -0.39 is 6.04 Å². The maximum atomic E-state index is 12.1. The van der Waals surface area contributed by atoms with Gasteiger partial charge in [0.1, 0.15) is 5.69 Å². The Hall–Kier alpha value is -2.41. The van der Waals surface area contributed by atoms with Crippen LogP contribution in [-0.2, 0) is 4.79 Å². The van der Waals surface area contributed by atoms with Crippen molar-refractivity contribution < 1.29 is 4.79 Å². The van der Waals surface area contributed by atoms with Crippen LogP contribution in [0.5, 0.6) is 0 Å². The van der Waals surface area contributed by atoms with Crippen molar-refractivity contribution in [3.8, 4) is 11.3 Å². The molecule has 2 N–H and O–H groups in total. The summed E-state index contributed by atoms with van der Waals surface area (Å²) in [6.45, 7) is 4.41. The lowest BCUT2D eigenvalue weighted by Gasteiger charge is -2.36. The molecule has 1 amide bonds. The number of aromatic nitrogens is 2. The fourth-order valence-electron chi connectivity index (χ4n) is 3.57. The number of nitrogens with two attached hydrogens (primary N) is 1. The number of nitrogens with zero attached hydrogens (tertiary/aromatic N) is 4. The highest BCUT2D eigenvalue weighted by Crippen LogP contribution is 2.32. The molecule has 4 rings (SSSR count). The number of fused-ring (bicyclic) bond motifs is 1. The lowest BCUT2D eigenvalue weighted by molar-refractivity contribution is -0.132. The van der Waals surface area contributed by atoms with Crippen molar-refractivity contribution in [1.29, 1.82) is 0 Å². The Balaban J connectivity index is 0.00000240. The van der Waals surface area contributed by atoms with Crippen LogP contribution < -0.4 is 10.6 Å². The van der Waals surface area contributed by atoms with Crippen LogP contribution in [0.3, 0.4) is 0 Å². The van der Waals surface area contributed by atoms with E-state index in [9.17, 15) is 4.79 Å². The van der Waals surface area contributed by atoms with Crippen LogP contribution in [-0.4, -0.2) is 53.2 Å². The average Bonchev–Trinajstić information content (AvgIpc) is 2.73. The highest BCUT2D eigenvalue weighted by atomic mass is 35.5. The molecule has 1 saturated heterocycles. The molecule has 0 saturated carbocycles. The van der Waals surface area contributed by atoms with Gasteiger partial charge in [-0.05, 0) is 19.1 Å². The molecule has 0 radical (unpaired) electrons. The molecule has 0 aliphatic carbocycles. The highest BCUT2D eigenvalue weighted by molar-refractivity contribution is 6.30. The Labute approximate surface area is 181 Å². The third-order valence-electron chi connectivity index (χ3n) is 5.07. The van der Waals surface area contributed by atoms with Gasteiger partial charge in [0.15, 0.2) is 5.82 Å². The fraction of sp³-hybridized carbons (Fsp3) is 0.286. The maximum absolute atomic E-state index is 12.1. The third-order valence-corrected chi connectivity index (χ3v) is 5.32. The molecule has 8 heteroatoms. The van der Waals surface area contributed by atoms with Crippen molar-refractivity contribution in [2.24, 2.45) is 5.73 Å². The Morgan fingerprint density at radius 2 is 1.62 bits per heavy atom. The van der Waals surface area contributed by atoms with Gasteiger partial charge in [0.25, 0.3) is 0 Å². The van der Waals surface area contributed by atoms with E-state index in [0.717, 1.165) is 27.8 Å². The Kier molecular flexibility index (Phi) is 6.57. The summed E-state index contributed by atoms with van der Waals surface area (Å²) >= 11 is 6.02. The minimum atomic E-state index is -0.467. The summed E-state index contributed by atoms with van der Waals surface area (Å²) in [5, 5.41) is 11.9. The van der Waals surface area contributed by atoms with Crippen molar-refractivity contribution in [3.05, 3.63) is 53.6 Å². The van der Waals surface area contributed by atoms with Gasteiger partial charge in [-0.15, -0.1) is 22.6 Å². The predicted molar refractivity (Wildman–Crippen MR) is 120 cm³/mol. The second-order valence-corrected chi connectivity index (χ2v) is 7.46. The van der Waals surface area contributed by atoms with Gasteiger partial charge in [0.2, 0.25) is 5.91 Å². The zero-order chi connectivity index (χ0) is 19.7. The number of carbonyl (C=O) groups excluding carboxylic acids is 1. The summed E-state index contributed by atoms with van der Waals surface area (Å²) in [5.74, 6) is 0.842. The first kappa shape index (κ1) is 21.3. The van der Waals surface area contributed by atoms with E-state index in [1.165, 1.54) is 0 Å². The number of amides is 1. The van der Waals surface area contributed by atoms with Crippen LogP contribution in [0.15, 0.2) is 48.5 Å². The van der Waals surface area contributed by atoms with E-state index >= 15 is 0 Å². The largest absolute Gasteiger partial charge is 0.351 e. The number of carbonyl (C=O) groups is 1. The Morgan fingerprint density at radius 1 is 1.00 bits per heavy atom. The van der Waals surface area contributed by atoms with Crippen molar-refractivity contribution in [2.75, 3.05) is 31.1 Å². The Morgan fingerprint density at radius 3 is 2.24 bits per heavy atom. The van der Waals surface area contributed by atoms with Gasteiger partial charge in [0.05, 0.1) is 6.04 Å². The summed E-state index contributed by atoms with van der Waals surface area (Å²) in [7, 11) is 0. The molecule has 1 fully saturated rings. The first-order chi connectivity index (χ1) is 13.5. The van der Waals surface area contributed by atoms with E-state index in [1.807, 2.05) is 41.3 Å². The van der Waals surface area contributed by atoms with E-state index in [-0.39, 0.29) is 18.3 Å². The van der Waals surface area contributed by atoms with Crippen LogP contribution >= 0.6 is 24.0 Å². The van der Waals surface area contributed by atoms with Crippen LogP contribution in [0.25, 0.3) is 22.0 Å². The quantitative estimate of drug-likeness (QED) is 0.687. The van der Waals surface area contributed by atoms with Gasteiger partial charge in [-0.1, -0.05) is 48.0 Å². The van der Waals surface area contributed by atoms with Crippen LogP contribution in [0.1, 0.15) is 6.92 Å². The summed E-state index contributed by atoms with van der Waals surface area (Å²) in [6, 6.07) is 15.3. The van der Waals surface area contributed by atoms with Crippen LogP contribution in [0, 0.1) is 0 Å². The molecule has 1 aromatic heterocycles. The molecular weight excluding hydrogens is 409 g/mol. The number of benzene rings is 2. The predicted octanol–water partition coefficient (Wildman–Crippen LogP) is 3.37. The lowest BCUT2D eigenvalue weighted by Crippen LogP contribution is -2.52. The normalized spacial score (nSPS) is 15.1. The smallest absolute Gasteiger partial charge is 0.239 e. The molecule has 2 aromatic carbocycles. The van der Waals surface area contributed by atoms with Gasteiger partial charge in [-0.2, -0.15) is 0 Å². The summed E-state index contributed by atoms with van der Waals surface area (Å²) in [5.41, 5.74) is 7.55. The van der Waals surface area contributed by atoms with E-state index in [0.29, 0.717) is 31.2 Å². The average molecular weight is 432 g/mol. The molecule has 1 atom stereocenters. The highest BCUT2D eigenvalue weighted by Gasteiger charge is 2.25. The van der Waals surface area contributed by atoms with Crippen molar-refractivity contribution in [2.45, 2.75) is 13.0 Å². The first-order valence-electron chi connectivity index (χ1n) is 9.35. The van der Waals surface area contributed by atoms with E-state index in [2.05, 4.69) is 27.2 Å². The van der Waals surface area contributed by atoms with Crippen LogP contribution in [0.4, 0.5) is 5.82 Å². The summed E-state index contributed by atoms with van der Waals surface area (Å²) in [6.07, 6.45) is 0. The zero-order valence-corrected chi connectivity index (χ0v) is 17.7. The van der Waals surface area contributed by atoms with E-state index in [1.54, 1.807) is 6.92 Å². The molecular formula is C21H23Cl2N5O. The van der Waals surface area contributed by atoms with E-state index in [4.69, 9.17) is 17.3 Å². The molecule has 6 nitrogen and oxygen atoms in total. The topological polar surface area (TPSA) is 75.4 Å². The van der Waals surface area contributed by atoms with Crippen molar-refractivity contribution in [1.82, 2.24) is 15.1 Å². The summed E-state index contributed by atoms with van der Waals surface area (Å²) in [4.78, 5) is 16.1. The van der Waals surface area contributed by atoms with Gasteiger partial charge >= 0.3 is 0 Å². The molecule has 152 valence electrons.